The zero-order valence-corrected chi connectivity index (χ0v) is 14.7. The Morgan fingerprint density at radius 1 is 0.960 bits per heavy atom. The fraction of sp³-hybridized carbons (Fsp3) is 0.316. The summed E-state index contributed by atoms with van der Waals surface area (Å²) in [5.74, 6) is 1.54. The maximum Gasteiger partial charge on any atom is 0.259 e. The molecule has 2 rings (SSSR count). The van der Waals surface area contributed by atoms with Gasteiger partial charge in [-0.25, -0.2) is 0 Å². The third kappa shape index (κ3) is 5.39. The van der Waals surface area contributed by atoms with Crippen LogP contribution in [0.15, 0.2) is 42.5 Å². The van der Waals surface area contributed by atoms with Crippen molar-refractivity contribution >= 4 is 11.6 Å². The van der Waals surface area contributed by atoms with Gasteiger partial charge in [0.2, 0.25) is 0 Å². The second-order valence-corrected chi connectivity index (χ2v) is 5.09. The van der Waals surface area contributed by atoms with E-state index in [4.69, 9.17) is 18.9 Å². The van der Waals surface area contributed by atoms with Gasteiger partial charge in [-0.15, -0.1) is 0 Å². The van der Waals surface area contributed by atoms with Gasteiger partial charge in [0, 0.05) is 18.4 Å². The van der Waals surface area contributed by atoms with E-state index in [0.717, 1.165) is 5.75 Å². The number of ether oxygens (including phenoxy) is 4. The molecule has 0 atom stereocenters. The predicted octanol–water partition coefficient (Wildman–Crippen LogP) is 3.37. The molecule has 0 fully saturated rings. The minimum atomic E-state index is -0.260. The summed E-state index contributed by atoms with van der Waals surface area (Å²) in [6, 6.07) is 12.2. The van der Waals surface area contributed by atoms with Crippen molar-refractivity contribution < 1.29 is 23.7 Å². The predicted molar refractivity (Wildman–Crippen MR) is 95.9 cm³/mol. The number of benzene rings is 2. The topological polar surface area (TPSA) is 66.0 Å². The van der Waals surface area contributed by atoms with Crippen LogP contribution in [0.5, 0.6) is 17.2 Å². The van der Waals surface area contributed by atoms with Crippen LogP contribution in [-0.2, 0) is 4.74 Å². The normalized spacial score (nSPS) is 10.2. The first-order valence-corrected chi connectivity index (χ1v) is 8.02. The zero-order valence-electron chi connectivity index (χ0n) is 14.7. The summed E-state index contributed by atoms with van der Waals surface area (Å²) in [5.41, 5.74) is 1.10. The lowest BCUT2D eigenvalue weighted by Crippen LogP contribution is -2.13. The highest BCUT2D eigenvalue weighted by atomic mass is 16.5. The zero-order chi connectivity index (χ0) is 18.1. The molecule has 0 heterocycles. The molecular weight excluding hydrogens is 322 g/mol. The molecule has 6 nitrogen and oxygen atoms in total. The first-order chi connectivity index (χ1) is 12.2. The molecule has 134 valence electrons. The maximum atomic E-state index is 12.4. The molecule has 0 unspecified atom stereocenters. The molecule has 2 aromatic carbocycles. The average Bonchev–Trinajstić information content (AvgIpc) is 2.65. The molecule has 0 aliphatic rings. The van der Waals surface area contributed by atoms with E-state index in [2.05, 4.69) is 5.32 Å². The van der Waals surface area contributed by atoms with E-state index < -0.39 is 0 Å². The van der Waals surface area contributed by atoms with Crippen molar-refractivity contribution in [2.24, 2.45) is 0 Å². The molecule has 0 aromatic heterocycles. The van der Waals surface area contributed by atoms with Crippen LogP contribution >= 0.6 is 0 Å². The SMILES string of the molecule is CCOCCOc1ccc(NC(=O)c2ccc(OC)cc2OC)cc1. The van der Waals surface area contributed by atoms with Crippen LogP contribution in [0.3, 0.4) is 0 Å². The molecule has 0 spiro atoms. The van der Waals surface area contributed by atoms with Crippen molar-refractivity contribution in [2.45, 2.75) is 6.92 Å². The third-order valence-corrected chi connectivity index (χ3v) is 3.47. The molecule has 0 bridgehead atoms. The number of carbonyl (C=O) groups is 1. The van der Waals surface area contributed by atoms with Crippen molar-refractivity contribution in [3.63, 3.8) is 0 Å². The van der Waals surface area contributed by atoms with Crippen LogP contribution in [0.2, 0.25) is 0 Å². The Morgan fingerprint density at radius 3 is 2.32 bits per heavy atom. The highest BCUT2D eigenvalue weighted by molar-refractivity contribution is 6.06. The third-order valence-electron chi connectivity index (χ3n) is 3.47. The van der Waals surface area contributed by atoms with Crippen LogP contribution < -0.4 is 19.5 Å². The lowest BCUT2D eigenvalue weighted by atomic mass is 10.1. The van der Waals surface area contributed by atoms with E-state index in [1.165, 1.54) is 7.11 Å². The number of hydrogen-bond acceptors (Lipinski definition) is 5. The Balaban J connectivity index is 1.98. The smallest absolute Gasteiger partial charge is 0.259 e. The number of anilines is 1. The summed E-state index contributed by atoms with van der Waals surface area (Å²) in [6.45, 7) is 3.65. The van der Waals surface area contributed by atoms with Crippen molar-refractivity contribution in [1.29, 1.82) is 0 Å². The number of carbonyl (C=O) groups excluding carboxylic acids is 1. The van der Waals surface area contributed by atoms with Crippen LogP contribution in [0.25, 0.3) is 0 Å². The van der Waals surface area contributed by atoms with E-state index in [1.807, 2.05) is 6.92 Å². The molecule has 25 heavy (non-hydrogen) atoms. The Morgan fingerprint density at radius 2 is 1.68 bits per heavy atom. The fourth-order valence-corrected chi connectivity index (χ4v) is 2.18. The van der Waals surface area contributed by atoms with Crippen LogP contribution in [0, 0.1) is 0 Å². The van der Waals surface area contributed by atoms with Gasteiger partial charge in [-0.2, -0.15) is 0 Å². The molecule has 0 saturated heterocycles. The van der Waals surface area contributed by atoms with E-state index in [0.29, 0.717) is 42.6 Å². The van der Waals surface area contributed by atoms with E-state index in [-0.39, 0.29) is 5.91 Å². The minimum Gasteiger partial charge on any atom is -0.497 e. The number of hydrogen-bond donors (Lipinski definition) is 1. The van der Waals surface area contributed by atoms with Crippen molar-refractivity contribution in [2.75, 3.05) is 39.4 Å². The molecule has 1 N–H and O–H groups in total. The largest absolute Gasteiger partial charge is 0.497 e. The first kappa shape index (κ1) is 18.6. The van der Waals surface area contributed by atoms with Gasteiger partial charge in [-0.05, 0) is 43.3 Å². The van der Waals surface area contributed by atoms with Gasteiger partial charge in [0.25, 0.3) is 5.91 Å². The molecule has 1 amide bonds. The summed E-state index contributed by atoms with van der Waals surface area (Å²) < 4.78 is 21.2. The summed E-state index contributed by atoms with van der Waals surface area (Å²) in [6.07, 6.45) is 0. The summed E-state index contributed by atoms with van der Waals surface area (Å²) in [5, 5.41) is 2.83. The summed E-state index contributed by atoms with van der Waals surface area (Å²) in [7, 11) is 3.08. The Kier molecular flexibility index (Phi) is 7.10. The molecule has 0 saturated carbocycles. The summed E-state index contributed by atoms with van der Waals surface area (Å²) in [4.78, 5) is 12.4. The molecular formula is C19H23NO5. The van der Waals surface area contributed by atoms with Crippen LogP contribution in [0.4, 0.5) is 5.69 Å². The second-order valence-electron chi connectivity index (χ2n) is 5.09. The fourth-order valence-electron chi connectivity index (χ4n) is 2.18. The second kappa shape index (κ2) is 9.54. The first-order valence-electron chi connectivity index (χ1n) is 8.02. The molecule has 0 aliphatic heterocycles. The van der Waals surface area contributed by atoms with Gasteiger partial charge in [0.15, 0.2) is 0 Å². The Bertz CT molecular complexity index is 685. The molecule has 2 aromatic rings. The van der Waals surface area contributed by atoms with Gasteiger partial charge in [-0.1, -0.05) is 0 Å². The molecule has 6 heteroatoms. The van der Waals surface area contributed by atoms with Gasteiger partial charge < -0.3 is 24.3 Å². The van der Waals surface area contributed by atoms with Crippen LogP contribution in [-0.4, -0.2) is 39.9 Å². The Labute approximate surface area is 147 Å². The minimum absolute atomic E-state index is 0.260. The van der Waals surface area contributed by atoms with Crippen molar-refractivity contribution in [1.82, 2.24) is 0 Å². The quantitative estimate of drug-likeness (QED) is 0.706. The maximum absolute atomic E-state index is 12.4. The number of nitrogens with one attached hydrogen (secondary N) is 1. The number of rotatable bonds is 9. The van der Waals surface area contributed by atoms with Crippen LogP contribution in [0.1, 0.15) is 17.3 Å². The monoisotopic (exact) mass is 345 g/mol. The van der Waals surface area contributed by atoms with Gasteiger partial charge in [0.1, 0.15) is 23.9 Å². The lowest BCUT2D eigenvalue weighted by Gasteiger charge is -2.11. The number of methoxy groups -OCH3 is 2. The highest BCUT2D eigenvalue weighted by Crippen LogP contribution is 2.25. The van der Waals surface area contributed by atoms with Gasteiger partial charge >= 0.3 is 0 Å². The molecule has 0 radical (unpaired) electrons. The van der Waals surface area contributed by atoms with E-state index in [9.17, 15) is 4.79 Å². The van der Waals surface area contributed by atoms with Crippen molar-refractivity contribution in [3.05, 3.63) is 48.0 Å². The average molecular weight is 345 g/mol. The standard InChI is InChI=1S/C19H23NO5/c1-4-24-11-12-25-15-7-5-14(6-8-15)20-19(21)17-10-9-16(22-2)13-18(17)23-3/h5-10,13H,4,11-12H2,1-3H3,(H,20,21). The number of amides is 1. The van der Waals surface area contributed by atoms with Gasteiger partial charge in [0.05, 0.1) is 26.4 Å². The van der Waals surface area contributed by atoms with E-state index >= 15 is 0 Å². The van der Waals surface area contributed by atoms with Gasteiger partial charge in [-0.3, -0.25) is 4.79 Å². The lowest BCUT2D eigenvalue weighted by molar-refractivity contribution is 0.102. The van der Waals surface area contributed by atoms with E-state index in [1.54, 1.807) is 49.6 Å². The highest BCUT2D eigenvalue weighted by Gasteiger charge is 2.13. The van der Waals surface area contributed by atoms with Crippen molar-refractivity contribution in [3.8, 4) is 17.2 Å². The Hall–Kier alpha value is -2.73. The summed E-state index contributed by atoms with van der Waals surface area (Å²) >= 11 is 0. The molecule has 0 aliphatic carbocycles.